The summed E-state index contributed by atoms with van der Waals surface area (Å²) < 4.78 is 5.34. The minimum Gasteiger partial charge on any atom is -0.496 e. The van der Waals surface area contributed by atoms with Gasteiger partial charge in [-0.3, -0.25) is 19.4 Å². The van der Waals surface area contributed by atoms with Crippen LogP contribution in [-0.4, -0.2) is 66.6 Å². The highest BCUT2D eigenvalue weighted by molar-refractivity contribution is 8.14. The number of benzene rings is 3. The van der Waals surface area contributed by atoms with Crippen LogP contribution in [0.1, 0.15) is 24.0 Å². The van der Waals surface area contributed by atoms with Crippen molar-refractivity contribution in [1.82, 2.24) is 10.2 Å². The van der Waals surface area contributed by atoms with Gasteiger partial charge in [0.05, 0.1) is 18.6 Å². The van der Waals surface area contributed by atoms with Crippen LogP contribution >= 0.6 is 11.8 Å². The molecule has 0 unspecified atom stereocenters. The van der Waals surface area contributed by atoms with Crippen molar-refractivity contribution in [2.75, 3.05) is 37.2 Å². The summed E-state index contributed by atoms with van der Waals surface area (Å²) in [5.74, 6) is 0.593. The highest BCUT2D eigenvalue weighted by Crippen LogP contribution is 2.34. The van der Waals surface area contributed by atoms with Gasteiger partial charge >= 0.3 is 0 Å². The van der Waals surface area contributed by atoms with Crippen LogP contribution in [-0.2, 0) is 20.9 Å². The third-order valence-corrected chi connectivity index (χ3v) is 7.80. The summed E-state index contributed by atoms with van der Waals surface area (Å²) in [6, 6.07) is 21.8. The number of methoxy groups -OCH3 is 1. The van der Waals surface area contributed by atoms with E-state index >= 15 is 0 Å². The number of amides is 3. The van der Waals surface area contributed by atoms with Crippen LogP contribution in [0.5, 0.6) is 5.75 Å². The SMILES string of the molecule is COc1ccccc1CNC(=O)CC[C@@H]1N=C2c3ccccc3N=C(SCC(=O)Nc3ccc(N(C)C)cc3)N2C1=O. The van der Waals surface area contributed by atoms with Gasteiger partial charge in [0.2, 0.25) is 11.8 Å². The predicted molar refractivity (Wildman–Crippen MR) is 167 cm³/mol. The number of amidine groups is 2. The summed E-state index contributed by atoms with van der Waals surface area (Å²) in [5, 5.41) is 6.17. The minimum atomic E-state index is -0.724. The summed E-state index contributed by atoms with van der Waals surface area (Å²) in [6.45, 7) is 0.324. The maximum absolute atomic E-state index is 13.5. The van der Waals surface area contributed by atoms with E-state index in [1.165, 1.54) is 16.7 Å². The van der Waals surface area contributed by atoms with Crippen molar-refractivity contribution in [2.45, 2.75) is 25.4 Å². The molecule has 0 radical (unpaired) electrons. The van der Waals surface area contributed by atoms with Crippen LogP contribution < -0.4 is 20.3 Å². The van der Waals surface area contributed by atoms with Crippen molar-refractivity contribution < 1.29 is 19.1 Å². The van der Waals surface area contributed by atoms with Crippen molar-refractivity contribution in [3.8, 4) is 5.75 Å². The van der Waals surface area contributed by atoms with Gasteiger partial charge in [-0.15, -0.1) is 0 Å². The molecular formula is C31H32N6O4S. The summed E-state index contributed by atoms with van der Waals surface area (Å²) in [7, 11) is 5.49. The zero-order chi connectivity index (χ0) is 29.6. The molecule has 0 aliphatic carbocycles. The highest BCUT2D eigenvalue weighted by Gasteiger charge is 2.41. The molecule has 2 aliphatic rings. The molecule has 3 aromatic rings. The van der Waals surface area contributed by atoms with E-state index in [0.29, 0.717) is 34.7 Å². The van der Waals surface area contributed by atoms with Crippen molar-refractivity contribution >= 4 is 57.5 Å². The van der Waals surface area contributed by atoms with E-state index in [9.17, 15) is 14.4 Å². The van der Waals surface area contributed by atoms with E-state index in [2.05, 4.69) is 15.6 Å². The van der Waals surface area contributed by atoms with Gasteiger partial charge in [-0.2, -0.15) is 0 Å². The number of hydrogen-bond donors (Lipinski definition) is 2. The summed E-state index contributed by atoms with van der Waals surface area (Å²) >= 11 is 1.18. The van der Waals surface area contributed by atoms with Gasteiger partial charge < -0.3 is 20.3 Å². The predicted octanol–water partition coefficient (Wildman–Crippen LogP) is 4.19. The molecule has 0 saturated carbocycles. The Kier molecular flexibility index (Phi) is 8.87. The number of carbonyl (C=O) groups excluding carboxylic acids is 3. The maximum atomic E-state index is 13.5. The van der Waals surface area contributed by atoms with Crippen molar-refractivity contribution in [1.29, 1.82) is 0 Å². The normalized spacial score (nSPS) is 15.3. The van der Waals surface area contributed by atoms with E-state index in [0.717, 1.165) is 16.8 Å². The summed E-state index contributed by atoms with van der Waals surface area (Å²) in [4.78, 5) is 51.8. The molecular weight excluding hydrogens is 552 g/mol. The van der Waals surface area contributed by atoms with Crippen LogP contribution in [0.4, 0.5) is 17.1 Å². The molecule has 42 heavy (non-hydrogen) atoms. The molecule has 10 nitrogen and oxygen atoms in total. The summed E-state index contributed by atoms with van der Waals surface area (Å²) in [5.41, 5.74) is 4.00. The zero-order valence-corrected chi connectivity index (χ0v) is 24.5. The van der Waals surface area contributed by atoms with Gasteiger partial charge in [0.15, 0.2) is 5.17 Å². The average Bonchev–Trinajstić information content (AvgIpc) is 3.34. The average molecular weight is 585 g/mol. The van der Waals surface area contributed by atoms with Gasteiger partial charge in [0, 0.05) is 49.6 Å². The number of anilines is 2. The second-order valence-corrected chi connectivity index (χ2v) is 10.9. The number of fused-ring (bicyclic) bond motifs is 3. The number of rotatable bonds is 10. The lowest BCUT2D eigenvalue weighted by Gasteiger charge is -2.25. The van der Waals surface area contributed by atoms with Gasteiger partial charge in [0.25, 0.3) is 5.91 Å². The topological polar surface area (TPSA) is 116 Å². The van der Waals surface area contributed by atoms with E-state index in [1.807, 2.05) is 91.8 Å². The minimum absolute atomic E-state index is 0.0590. The standard InChI is InChI=1S/C31H32N6O4S/c1-36(2)22-14-12-21(13-15-22)33-28(39)19-42-31-35-24-10-6-5-9-23(24)29-34-25(30(40)37(29)31)16-17-27(38)32-18-20-8-4-7-11-26(20)41-3/h4-15,25H,16-19H2,1-3H3,(H,32,38)(H,33,39)/t25-/m0/s1. The van der Waals surface area contributed by atoms with Crippen LogP contribution in [0.15, 0.2) is 82.8 Å². The molecule has 2 aliphatic heterocycles. The maximum Gasteiger partial charge on any atom is 0.259 e. The molecule has 11 heteroatoms. The first-order valence-corrected chi connectivity index (χ1v) is 14.5. The van der Waals surface area contributed by atoms with Gasteiger partial charge in [-0.1, -0.05) is 42.1 Å². The van der Waals surface area contributed by atoms with E-state index < -0.39 is 6.04 Å². The molecule has 2 N–H and O–H groups in total. The highest BCUT2D eigenvalue weighted by atomic mass is 32.2. The van der Waals surface area contributed by atoms with Crippen molar-refractivity contribution in [2.24, 2.45) is 9.98 Å². The molecule has 1 atom stereocenters. The first kappa shape index (κ1) is 28.9. The lowest BCUT2D eigenvalue weighted by molar-refractivity contribution is -0.125. The van der Waals surface area contributed by atoms with Crippen molar-refractivity contribution in [3.63, 3.8) is 0 Å². The number of thioether (sulfide) groups is 1. The van der Waals surface area contributed by atoms with Gasteiger partial charge in [-0.05, 0) is 48.9 Å². The fraction of sp³-hybridized carbons (Fsp3) is 0.258. The Morgan fingerprint density at radius 2 is 1.74 bits per heavy atom. The zero-order valence-electron chi connectivity index (χ0n) is 23.7. The number of ether oxygens (including phenoxy) is 1. The Morgan fingerprint density at radius 1 is 1.00 bits per heavy atom. The van der Waals surface area contributed by atoms with Crippen LogP contribution in [0.2, 0.25) is 0 Å². The van der Waals surface area contributed by atoms with Gasteiger partial charge in [-0.25, -0.2) is 9.89 Å². The Balaban J connectivity index is 1.22. The number of para-hydroxylation sites is 2. The molecule has 0 bridgehead atoms. The number of nitrogens with one attached hydrogen (secondary N) is 2. The van der Waals surface area contributed by atoms with E-state index in [1.54, 1.807) is 7.11 Å². The molecule has 0 spiro atoms. The number of carbonyl (C=O) groups is 3. The first-order chi connectivity index (χ1) is 20.3. The second-order valence-electron chi connectivity index (χ2n) is 9.96. The summed E-state index contributed by atoms with van der Waals surface area (Å²) in [6.07, 6.45) is 0.382. The number of nitrogens with zero attached hydrogens (tertiary/aromatic N) is 4. The van der Waals surface area contributed by atoms with E-state index in [4.69, 9.17) is 9.73 Å². The quantitative estimate of drug-likeness (QED) is 0.369. The molecule has 216 valence electrons. The van der Waals surface area contributed by atoms with Crippen molar-refractivity contribution in [3.05, 3.63) is 83.9 Å². The molecule has 0 aromatic heterocycles. The Labute approximate surface area is 248 Å². The smallest absolute Gasteiger partial charge is 0.259 e. The molecule has 0 fully saturated rings. The molecule has 0 saturated heterocycles. The molecule has 3 aromatic carbocycles. The Morgan fingerprint density at radius 3 is 2.50 bits per heavy atom. The number of hydrogen-bond acceptors (Lipinski definition) is 8. The fourth-order valence-electron chi connectivity index (χ4n) is 4.66. The van der Waals surface area contributed by atoms with Crippen LogP contribution in [0, 0.1) is 0 Å². The molecule has 5 rings (SSSR count). The van der Waals surface area contributed by atoms with Crippen LogP contribution in [0.3, 0.4) is 0 Å². The lowest BCUT2D eigenvalue weighted by Crippen LogP contribution is -2.41. The monoisotopic (exact) mass is 584 g/mol. The lowest BCUT2D eigenvalue weighted by atomic mass is 10.1. The fourth-order valence-corrected chi connectivity index (χ4v) is 5.46. The third kappa shape index (κ3) is 6.46. The van der Waals surface area contributed by atoms with Gasteiger partial charge in [0.1, 0.15) is 17.6 Å². The second kappa shape index (κ2) is 12.9. The largest absolute Gasteiger partial charge is 0.496 e. The molecule has 2 heterocycles. The third-order valence-electron chi connectivity index (χ3n) is 6.86. The van der Waals surface area contributed by atoms with E-state index in [-0.39, 0.29) is 36.3 Å². The molecule has 3 amide bonds. The first-order valence-electron chi connectivity index (χ1n) is 13.5. The Bertz CT molecular complexity index is 1550. The van der Waals surface area contributed by atoms with Crippen LogP contribution in [0.25, 0.3) is 0 Å². The Hall–Kier alpha value is -4.64. The number of aliphatic imine (C=N–C) groups is 2.